The maximum atomic E-state index is 5.99. The molecule has 6 heteroatoms. The van der Waals surface area contributed by atoms with E-state index >= 15 is 0 Å². The highest BCUT2D eigenvalue weighted by Gasteiger charge is 2.21. The molecule has 1 N–H and O–H groups in total. The molecule has 0 amide bonds. The molecular formula is C17H17ClN4O. The molecule has 0 aliphatic carbocycles. The third kappa shape index (κ3) is 3.29. The summed E-state index contributed by atoms with van der Waals surface area (Å²) in [5.41, 5.74) is 1.86. The summed E-state index contributed by atoms with van der Waals surface area (Å²) >= 11 is 5.99. The van der Waals surface area contributed by atoms with Gasteiger partial charge in [-0.05, 0) is 18.2 Å². The highest BCUT2D eigenvalue weighted by Crippen LogP contribution is 2.32. The summed E-state index contributed by atoms with van der Waals surface area (Å²) in [6.07, 6.45) is 5.36. The summed E-state index contributed by atoms with van der Waals surface area (Å²) in [6, 6.07) is 11.4. The lowest BCUT2D eigenvalue weighted by Crippen LogP contribution is -2.17. The van der Waals surface area contributed by atoms with Crippen molar-refractivity contribution in [2.75, 3.05) is 12.4 Å². The molecule has 0 saturated carbocycles. The Balaban J connectivity index is 2.06. The third-order valence-electron chi connectivity index (χ3n) is 3.60. The van der Waals surface area contributed by atoms with Gasteiger partial charge in [0.05, 0.1) is 7.11 Å². The van der Waals surface area contributed by atoms with Crippen LogP contribution in [0.5, 0.6) is 5.75 Å². The number of halogens is 1. The summed E-state index contributed by atoms with van der Waals surface area (Å²) in [5, 5.41) is 3.90. The zero-order chi connectivity index (χ0) is 16.2. The molecule has 0 radical (unpaired) electrons. The van der Waals surface area contributed by atoms with Gasteiger partial charge in [-0.15, -0.1) is 0 Å². The molecule has 0 aliphatic rings. The van der Waals surface area contributed by atoms with E-state index in [9.17, 15) is 0 Å². The number of pyridine rings is 1. The highest BCUT2D eigenvalue weighted by atomic mass is 35.5. The zero-order valence-electron chi connectivity index (χ0n) is 12.9. The number of benzene rings is 1. The maximum Gasteiger partial charge on any atom is 0.135 e. The lowest BCUT2D eigenvalue weighted by atomic mass is 10.0. The predicted octanol–water partition coefficient (Wildman–Crippen LogP) is 3.68. The Labute approximate surface area is 139 Å². The Morgan fingerprint density at radius 2 is 2.00 bits per heavy atom. The Morgan fingerprint density at radius 3 is 2.70 bits per heavy atom. The molecule has 23 heavy (non-hydrogen) atoms. The van der Waals surface area contributed by atoms with Crippen LogP contribution < -0.4 is 10.1 Å². The van der Waals surface area contributed by atoms with Gasteiger partial charge in [0.2, 0.25) is 0 Å². The third-order valence-corrected chi connectivity index (χ3v) is 3.81. The van der Waals surface area contributed by atoms with E-state index in [1.54, 1.807) is 25.6 Å². The summed E-state index contributed by atoms with van der Waals surface area (Å²) in [4.78, 5) is 8.50. The molecule has 0 aliphatic heterocycles. The second-order valence-corrected chi connectivity index (χ2v) is 5.47. The standard InChI is InChI=1S/C17H17ClN4O/c1-22-10-9-20-17(22)16(13-5-3-4-6-14(13)23-2)21-12-7-8-19-15(18)11-12/h3-11,16H,1-2H3,(H,19,21). The van der Waals surface area contributed by atoms with Crippen molar-refractivity contribution < 1.29 is 4.74 Å². The van der Waals surface area contributed by atoms with E-state index in [0.717, 1.165) is 22.8 Å². The van der Waals surface area contributed by atoms with Crippen molar-refractivity contribution >= 4 is 17.3 Å². The Hall–Kier alpha value is -2.53. The predicted molar refractivity (Wildman–Crippen MR) is 90.9 cm³/mol. The van der Waals surface area contributed by atoms with Crippen molar-refractivity contribution in [2.45, 2.75) is 6.04 Å². The molecule has 5 nitrogen and oxygen atoms in total. The summed E-state index contributed by atoms with van der Waals surface area (Å²) in [5.74, 6) is 1.68. The van der Waals surface area contributed by atoms with Gasteiger partial charge in [0, 0.05) is 36.9 Å². The van der Waals surface area contributed by atoms with Crippen LogP contribution >= 0.6 is 11.6 Å². The monoisotopic (exact) mass is 328 g/mol. The van der Waals surface area contributed by atoms with E-state index in [4.69, 9.17) is 16.3 Å². The van der Waals surface area contributed by atoms with Gasteiger partial charge in [-0.25, -0.2) is 9.97 Å². The number of anilines is 1. The Kier molecular flexibility index (Phi) is 4.48. The summed E-state index contributed by atoms with van der Waals surface area (Å²) in [7, 11) is 3.63. The molecule has 118 valence electrons. The van der Waals surface area contributed by atoms with Crippen molar-refractivity contribution in [1.29, 1.82) is 0 Å². The minimum absolute atomic E-state index is 0.176. The lowest BCUT2D eigenvalue weighted by Gasteiger charge is -2.22. The van der Waals surface area contributed by atoms with Gasteiger partial charge >= 0.3 is 0 Å². The number of methoxy groups -OCH3 is 1. The minimum Gasteiger partial charge on any atom is -0.496 e. The van der Waals surface area contributed by atoms with Crippen LogP contribution in [0.2, 0.25) is 5.15 Å². The van der Waals surface area contributed by atoms with Crippen LogP contribution in [0.1, 0.15) is 17.4 Å². The van der Waals surface area contributed by atoms with Crippen molar-refractivity contribution in [3.63, 3.8) is 0 Å². The number of ether oxygens (including phenoxy) is 1. The Morgan fingerprint density at radius 1 is 1.17 bits per heavy atom. The number of hydrogen-bond acceptors (Lipinski definition) is 4. The van der Waals surface area contributed by atoms with Crippen LogP contribution in [-0.2, 0) is 7.05 Å². The van der Waals surface area contributed by atoms with E-state index in [1.165, 1.54) is 0 Å². The molecule has 0 saturated heterocycles. The van der Waals surface area contributed by atoms with Gasteiger partial charge in [-0.1, -0.05) is 29.8 Å². The average molecular weight is 329 g/mol. The van der Waals surface area contributed by atoms with Gasteiger partial charge in [0.25, 0.3) is 0 Å². The number of rotatable bonds is 5. The SMILES string of the molecule is COc1ccccc1C(Nc1ccnc(Cl)c1)c1nccn1C. The van der Waals surface area contributed by atoms with Gasteiger partial charge in [-0.2, -0.15) is 0 Å². The minimum atomic E-state index is -0.176. The smallest absolute Gasteiger partial charge is 0.135 e. The van der Waals surface area contributed by atoms with E-state index < -0.39 is 0 Å². The van der Waals surface area contributed by atoms with Crippen LogP contribution in [0.25, 0.3) is 0 Å². The molecular weight excluding hydrogens is 312 g/mol. The summed E-state index contributed by atoms with van der Waals surface area (Å²) in [6.45, 7) is 0. The van der Waals surface area contributed by atoms with Crippen molar-refractivity contribution in [2.24, 2.45) is 7.05 Å². The molecule has 0 spiro atoms. The number of aromatic nitrogens is 3. The van der Waals surface area contributed by atoms with E-state index in [0.29, 0.717) is 5.15 Å². The summed E-state index contributed by atoms with van der Waals surface area (Å²) < 4.78 is 7.49. The maximum absolute atomic E-state index is 5.99. The normalized spacial score (nSPS) is 12.0. The fourth-order valence-electron chi connectivity index (χ4n) is 2.50. The number of imidazole rings is 1. The van der Waals surface area contributed by atoms with Crippen LogP contribution in [0.4, 0.5) is 5.69 Å². The highest BCUT2D eigenvalue weighted by molar-refractivity contribution is 6.29. The molecule has 2 aromatic heterocycles. The first-order valence-electron chi connectivity index (χ1n) is 7.17. The molecule has 3 aromatic rings. The largest absolute Gasteiger partial charge is 0.496 e. The molecule has 1 atom stereocenters. The number of para-hydroxylation sites is 1. The first-order chi connectivity index (χ1) is 11.2. The lowest BCUT2D eigenvalue weighted by molar-refractivity contribution is 0.408. The van der Waals surface area contributed by atoms with Crippen molar-refractivity contribution in [3.8, 4) is 5.75 Å². The van der Waals surface area contributed by atoms with Crippen LogP contribution in [0.3, 0.4) is 0 Å². The van der Waals surface area contributed by atoms with E-state index in [2.05, 4.69) is 15.3 Å². The molecule has 2 heterocycles. The van der Waals surface area contributed by atoms with Crippen molar-refractivity contribution in [3.05, 3.63) is 71.5 Å². The van der Waals surface area contributed by atoms with Gasteiger partial charge in [0.1, 0.15) is 22.8 Å². The molecule has 1 aromatic carbocycles. The topological polar surface area (TPSA) is 52.0 Å². The number of hydrogen-bond donors (Lipinski definition) is 1. The fourth-order valence-corrected chi connectivity index (χ4v) is 2.67. The fraction of sp³-hybridized carbons (Fsp3) is 0.176. The number of nitrogens with zero attached hydrogens (tertiary/aromatic N) is 3. The first kappa shape index (κ1) is 15.4. The number of nitrogens with one attached hydrogen (secondary N) is 1. The molecule has 0 fully saturated rings. The molecule has 3 rings (SSSR count). The van der Waals surface area contributed by atoms with Gasteiger partial charge < -0.3 is 14.6 Å². The quantitative estimate of drug-likeness (QED) is 0.726. The van der Waals surface area contributed by atoms with Gasteiger partial charge in [0.15, 0.2) is 0 Å². The second kappa shape index (κ2) is 6.71. The van der Waals surface area contributed by atoms with Crippen LogP contribution in [0.15, 0.2) is 55.0 Å². The number of aryl methyl sites for hydroxylation is 1. The van der Waals surface area contributed by atoms with E-state index in [1.807, 2.05) is 48.1 Å². The Bertz CT molecular complexity index is 803. The van der Waals surface area contributed by atoms with Gasteiger partial charge in [-0.3, -0.25) is 0 Å². The second-order valence-electron chi connectivity index (χ2n) is 5.08. The van der Waals surface area contributed by atoms with Crippen LogP contribution in [0, 0.1) is 0 Å². The molecule has 1 unspecified atom stereocenters. The van der Waals surface area contributed by atoms with E-state index in [-0.39, 0.29) is 6.04 Å². The zero-order valence-corrected chi connectivity index (χ0v) is 13.7. The van der Waals surface area contributed by atoms with Crippen LogP contribution in [-0.4, -0.2) is 21.6 Å². The average Bonchev–Trinajstić information content (AvgIpc) is 2.98. The molecule has 0 bridgehead atoms. The van der Waals surface area contributed by atoms with Crippen molar-refractivity contribution in [1.82, 2.24) is 14.5 Å². The first-order valence-corrected chi connectivity index (χ1v) is 7.55.